The van der Waals surface area contributed by atoms with Crippen molar-refractivity contribution < 1.29 is 0 Å². The van der Waals surface area contributed by atoms with Gasteiger partial charge in [0.25, 0.3) is 0 Å². The van der Waals surface area contributed by atoms with Crippen LogP contribution in [0.2, 0.25) is 10.3 Å². The van der Waals surface area contributed by atoms with Gasteiger partial charge in [0.2, 0.25) is 5.28 Å². The van der Waals surface area contributed by atoms with Gasteiger partial charge in [0.1, 0.15) is 0 Å². The molecule has 0 aliphatic rings. The molecular formula is C16H11Cl2N5. The number of halogens is 2. The Bertz CT molecular complexity index is 1000. The SMILES string of the molecule is Cn1cc(-c2nc(-c3ccc(Cl)cc3)cn3c(Cl)ncc23)cn1. The highest BCUT2D eigenvalue weighted by atomic mass is 35.5. The molecule has 114 valence electrons. The van der Waals surface area contributed by atoms with Crippen LogP contribution < -0.4 is 0 Å². The molecule has 0 amide bonds. The topological polar surface area (TPSA) is 48.0 Å². The van der Waals surface area contributed by atoms with Crippen molar-refractivity contribution in [3.8, 4) is 22.5 Å². The molecule has 1 aromatic carbocycles. The molecule has 0 radical (unpaired) electrons. The molecule has 0 saturated carbocycles. The first-order chi connectivity index (χ1) is 11.1. The molecule has 0 saturated heterocycles. The van der Waals surface area contributed by atoms with E-state index in [4.69, 9.17) is 28.2 Å². The molecule has 3 heterocycles. The molecule has 7 heteroatoms. The van der Waals surface area contributed by atoms with Crippen LogP contribution in [-0.4, -0.2) is 24.1 Å². The third-order valence-corrected chi connectivity index (χ3v) is 4.13. The standard InChI is InChI=1S/C16H11Cl2N5/c1-22-8-11(6-20-22)15-14-7-19-16(18)23(14)9-13(21-15)10-2-4-12(17)5-3-10/h2-9H,1H3. The van der Waals surface area contributed by atoms with Gasteiger partial charge in [0.15, 0.2) is 0 Å². The second kappa shape index (κ2) is 5.37. The molecule has 5 nitrogen and oxygen atoms in total. The fourth-order valence-corrected chi connectivity index (χ4v) is 2.80. The summed E-state index contributed by atoms with van der Waals surface area (Å²) in [4.78, 5) is 8.96. The minimum atomic E-state index is 0.391. The summed E-state index contributed by atoms with van der Waals surface area (Å²) in [6.45, 7) is 0. The third kappa shape index (κ3) is 2.48. The van der Waals surface area contributed by atoms with E-state index in [2.05, 4.69) is 10.1 Å². The molecule has 0 atom stereocenters. The lowest BCUT2D eigenvalue weighted by atomic mass is 10.1. The van der Waals surface area contributed by atoms with Crippen molar-refractivity contribution in [1.82, 2.24) is 24.1 Å². The lowest BCUT2D eigenvalue weighted by molar-refractivity contribution is 0.768. The number of hydrogen-bond acceptors (Lipinski definition) is 3. The zero-order valence-electron chi connectivity index (χ0n) is 12.1. The van der Waals surface area contributed by atoms with Crippen molar-refractivity contribution >= 4 is 28.7 Å². The summed E-state index contributed by atoms with van der Waals surface area (Å²) in [7, 11) is 1.87. The van der Waals surface area contributed by atoms with E-state index in [9.17, 15) is 0 Å². The predicted octanol–water partition coefficient (Wildman–Crippen LogP) is 4.10. The van der Waals surface area contributed by atoms with Crippen LogP contribution in [0.15, 0.2) is 49.1 Å². The van der Waals surface area contributed by atoms with Gasteiger partial charge in [0, 0.05) is 35.6 Å². The summed E-state index contributed by atoms with van der Waals surface area (Å²) >= 11 is 12.2. The van der Waals surface area contributed by atoms with Crippen LogP contribution >= 0.6 is 23.2 Å². The van der Waals surface area contributed by atoms with Gasteiger partial charge in [-0.1, -0.05) is 23.7 Å². The number of aromatic nitrogens is 5. The zero-order valence-corrected chi connectivity index (χ0v) is 13.6. The summed E-state index contributed by atoms with van der Waals surface area (Å²) in [6, 6.07) is 7.52. The van der Waals surface area contributed by atoms with Gasteiger partial charge in [-0.2, -0.15) is 5.10 Å². The van der Waals surface area contributed by atoms with Gasteiger partial charge >= 0.3 is 0 Å². The van der Waals surface area contributed by atoms with E-state index in [1.54, 1.807) is 17.1 Å². The first-order valence-corrected chi connectivity index (χ1v) is 7.66. The van der Waals surface area contributed by atoms with Crippen LogP contribution in [0, 0.1) is 0 Å². The molecule has 0 bridgehead atoms. The number of fused-ring (bicyclic) bond motifs is 1. The fraction of sp³-hybridized carbons (Fsp3) is 0.0625. The molecule has 0 N–H and O–H groups in total. The van der Waals surface area contributed by atoms with Crippen molar-refractivity contribution in [2.24, 2.45) is 7.05 Å². The average molecular weight is 344 g/mol. The molecule has 0 aliphatic heterocycles. The Morgan fingerprint density at radius 2 is 1.74 bits per heavy atom. The second-order valence-corrected chi connectivity index (χ2v) is 5.94. The Hall–Kier alpha value is -2.37. The molecule has 0 unspecified atom stereocenters. The van der Waals surface area contributed by atoms with Crippen LogP contribution in [0.25, 0.3) is 28.0 Å². The minimum absolute atomic E-state index is 0.391. The van der Waals surface area contributed by atoms with Crippen LogP contribution in [0.3, 0.4) is 0 Å². The highest BCUT2D eigenvalue weighted by Gasteiger charge is 2.14. The van der Waals surface area contributed by atoms with Crippen LogP contribution in [0.1, 0.15) is 0 Å². The van der Waals surface area contributed by atoms with Gasteiger partial charge in [-0.15, -0.1) is 0 Å². The largest absolute Gasteiger partial charge is 0.286 e. The maximum absolute atomic E-state index is 6.20. The fourth-order valence-electron chi connectivity index (χ4n) is 2.48. The normalized spacial score (nSPS) is 11.3. The molecule has 0 fully saturated rings. The highest BCUT2D eigenvalue weighted by Crippen LogP contribution is 2.29. The number of imidazole rings is 1. The summed E-state index contributed by atoms with van der Waals surface area (Å²) in [5.74, 6) is 0. The van der Waals surface area contributed by atoms with E-state index in [0.29, 0.717) is 10.3 Å². The van der Waals surface area contributed by atoms with E-state index < -0.39 is 0 Å². The average Bonchev–Trinajstić information content (AvgIpc) is 3.14. The summed E-state index contributed by atoms with van der Waals surface area (Å²) in [5.41, 5.74) is 4.26. The van der Waals surface area contributed by atoms with Gasteiger partial charge < -0.3 is 0 Å². The maximum Gasteiger partial charge on any atom is 0.207 e. The summed E-state index contributed by atoms with van der Waals surface area (Å²) < 4.78 is 3.56. The molecular weight excluding hydrogens is 333 g/mol. The van der Waals surface area contributed by atoms with Gasteiger partial charge in [-0.25, -0.2) is 9.97 Å². The lowest BCUT2D eigenvalue weighted by Gasteiger charge is -2.07. The predicted molar refractivity (Wildman–Crippen MR) is 90.6 cm³/mol. The van der Waals surface area contributed by atoms with Crippen molar-refractivity contribution in [3.05, 3.63) is 59.4 Å². The van der Waals surface area contributed by atoms with Crippen molar-refractivity contribution in [2.75, 3.05) is 0 Å². The van der Waals surface area contributed by atoms with E-state index in [-0.39, 0.29) is 0 Å². The van der Waals surface area contributed by atoms with E-state index >= 15 is 0 Å². The van der Waals surface area contributed by atoms with E-state index in [0.717, 1.165) is 28.0 Å². The van der Waals surface area contributed by atoms with E-state index in [1.807, 2.05) is 48.1 Å². The first kappa shape index (κ1) is 14.2. The van der Waals surface area contributed by atoms with Crippen molar-refractivity contribution in [1.29, 1.82) is 0 Å². The Morgan fingerprint density at radius 3 is 2.43 bits per heavy atom. The number of rotatable bonds is 2. The molecule has 4 rings (SSSR count). The maximum atomic E-state index is 6.20. The first-order valence-electron chi connectivity index (χ1n) is 6.90. The highest BCUT2D eigenvalue weighted by molar-refractivity contribution is 6.30. The Morgan fingerprint density at radius 1 is 0.957 bits per heavy atom. The minimum Gasteiger partial charge on any atom is -0.286 e. The smallest absolute Gasteiger partial charge is 0.207 e. The lowest BCUT2D eigenvalue weighted by Crippen LogP contribution is -1.95. The van der Waals surface area contributed by atoms with Crippen LogP contribution in [-0.2, 0) is 7.05 Å². The van der Waals surface area contributed by atoms with E-state index in [1.165, 1.54) is 0 Å². The molecule has 23 heavy (non-hydrogen) atoms. The van der Waals surface area contributed by atoms with Crippen LogP contribution in [0.4, 0.5) is 0 Å². The zero-order chi connectivity index (χ0) is 16.0. The Kier molecular flexibility index (Phi) is 3.32. The third-order valence-electron chi connectivity index (χ3n) is 3.60. The molecule has 3 aromatic heterocycles. The number of aryl methyl sites for hydroxylation is 1. The Labute approximate surface area is 142 Å². The van der Waals surface area contributed by atoms with Crippen molar-refractivity contribution in [2.45, 2.75) is 0 Å². The van der Waals surface area contributed by atoms with Gasteiger partial charge in [-0.3, -0.25) is 9.08 Å². The molecule has 0 aliphatic carbocycles. The quantitative estimate of drug-likeness (QED) is 0.550. The van der Waals surface area contributed by atoms with Gasteiger partial charge in [0.05, 0.1) is 29.3 Å². The van der Waals surface area contributed by atoms with Gasteiger partial charge in [-0.05, 0) is 23.7 Å². The second-order valence-electron chi connectivity index (χ2n) is 5.17. The van der Waals surface area contributed by atoms with Crippen LogP contribution in [0.5, 0.6) is 0 Å². The number of nitrogens with zero attached hydrogens (tertiary/aromatic N) is 5. The summed E-state index contributed by atoms with van der Waals surface area (Å²) in [6.07, 6.45) is 7.26. The number of benzene rings is 1. The number of hydrogen-bond donors (Lipinski definition) is 0. The Balaban J connectivity index is 1.99. The molecule has 4 aromatic rings. The van der Waals surface area contributed by atoms with Crippen molar-refractivity contribution in [3.63, 3.8) is 0 Å². The molecule has 0 spiro atoms. The summed E-state index contributed by atoms with van der Waals surface area (Å²) in [5, 5.41) is 5.29. The monoisotopic (exact) mass is 343 g/mol.